The van der Waals surface area contributed by atoms with Crippen LogP contribution in [0.4, 0.5) is 19.6 Å². The summed E-state index contributed by atoms with van der Waals surface area (Å²) >= 11 is 2.12. The van der Waals surface area contributed by atoms with Gasteiger partial charge in [-0.3, -0.25) is 14.9 Å². The zero-order chi connectivity index (χ0) is 26.1. The number of ether oxygens (including phenoxy) is 3. The molecule has 0 spiro atoms. The van der Waals surface area contributed by atoms with Gasteiger partial charge in [-0.2, -0.15) is 0 Å². The summed E-state index contributed by atoms with van der Waals surface area (Å²) in [5.74, 6) is -1.48. The third-order valence-corrected chi connectivity index (χ3v) is 6.30. The number of benzene rings is 2. The number of anilines is 2. The average molecular weight is 539 g/mol. The molecular weight excluding hydrogens is 514 g/mol. The van der Waals surface area contributed by atoms with Crippen molar-refractivity contribution in [2.45, 2.75) is 25.1 Å². The van der Waals surface area contributed by atoms with E-state index in [9.17, 15) is 18.4 Å². The van der Waals surface area contributed by atoms with Crippen molar-refractivity contribution in [2.24, 2.45) is 0 Å². The number of thioether (sulfide) groups is 1. The molecule has 2 amide bonds. The van der Waals surface area contributed by atoms with Crippen LogP contribution in [0.15, 0.2) is 34.7 Å². The van der Waals surface area contributed by atoms with E-state index in [2.05, 4.69) is 20.8 Å². The summed E-state index contributed by atoms with van der Waals surface area (Å²) in [6.07, 6.45) is 0. The van der Waals surface area contributed by atoms with Crippen molar-refractivity contribution in [2.75, 3.05) is 36.2 Å². The molecule has 192 valence electrons. The maximum absolute atomic E-state index is 13.7. The SMILES string of the molecule is CCOc1cc(C(=O)Nc2nnc(SCC(=O)Nc3ccc(F)cc3F)s2)cc(OCC)c1OCC. The van der Waals surface area contributed by atoms with Crippen molar-refractivity contribution in [1.82, 2.24) is 10.2 Å². The average Bonchev–Trinajstić information content (AvgIpc) is 3.29. The van der Waals surface area contributed by atoms with E-state index in [1.165, 1.54) is 0 Å². The molecule has 0 saturated heterocycles. The lowest BCUT2D eigenvalue weighted by atomic mass is 10.1. The van der Waals surface area contributed by atoms with Gasteiger partial charge in [0.15, 0.2) is 15.8 Å². The number of hydrogen-bond donors (Lipinski definition) is 2. The molecule has 0 radical (unpaired) electrons. The molecule has 0 saturated carbocycles. The molecule has 2 aromatic carbocycles. The van der Waals surface area contributed by atoms with Crippen molar-refractivity contribution in [3.8, 4) is 17.2 Å². The Bertz CT molecular complexity index is 1200. The van der Waals surface area contributed by atoms with E-state index in [-0.39, 0.29) is 22.1 Å². The Kier molecular flexibility index (Phi) is 9.82. The summed E-state index contributed by atoms with van der Waals surface area (Å²) in [4.78, 5) is 25.0. The van der Waals surface area contributed by atoms with Gasteiger partial charge in [0.25, 0.3) is 5.91 Å². The molecule has 0 bridgehead atoms. The largest absolute Gasteiger partial charge is 0.490 e. The highest BCUT2D eigenvalue weighted by Crippen LogP contribution is 2.39. The lowest BCUT2D eigenvalue weighted by molar-refractivity contribution is -0.113. The first-order valence-electron chi connectivity index (χ1n) is 10.9. The zero-order valence-electron chi connectivity index (χ0n) is 19.7. The fourth-order valence-electron chi connectivity index (χ4n) is 2.91. The summed E-state index contributed by atoms with van der Waals surface area (Å²) in [6, 6.07) is 5.98. The van der Waals surface area contributed by atoms with Gasteiger partial charge in [-0.1, -0.05) is 23.1 Å². The van der Waals surface area contributed by atoms with Gasteiger partial charge in [-0.25, -0.2) is 8.78 Å². The molecule has 0 aliphatic carbocycles. The summed E-state index contributed by atoms with van der Waals surface area (Å²) in [5, 5.41) is 13.1. The molecule has 3 aromatic rings. The number of carbonyl (C=O) groups excluding carboxylic acids is 2. The molecule has 1 heterocycles. The van der Waals surface area contributed by atoms with Crippen molar-refractivity contribution in [3.63, 3.8) is 0 Å². The molecule has 3 rings (SSSR count). The standard InChI is InChI=1S/C23H24F2N4O5S2/c1-4-32-17-9-13(10-18(33-5-2)20(17)34-6-3)21(31)27-22-28-29-23(36-22)35-12-19(30)26-16-8-7-14(24)11-15(16)25/h7-11H,4-6,12H2,1-3H3,(H,26,30)(H,27,28,31). The van der Waals surface area contributed by atoms with Crippen LogP contribution >= 0.6 is 23.1 Å². The van der Waals surface area contributed by atoms with E-state index in [0.29, 0.717) is 47.5 Å². The second-order valence-electron chi connectivity index (χ2n) is 6.89. The van der Waals surface area contributed by atoms with E-state index in [1.807, 2.05) is 20.8 Å². The minimum atomic E-state index is -0.872. The van der Waals surface area contributed by atoms with Crippen LogP contribution in [0, 0.1) is 11.6 Å². The second kappa shape index (κ2) is 13.0. The van der Waals surface area contributed by atoms with E-state index >= 15 is 0 Å². The van der Waals surface area contributed by atoms with Gasteiger partial charge in [-0.15, -0.1) is 10.2 Å². The predicted molar refractivity (Wildman–Crippen MR) is 134 cm³/mol. The van der Waals surface area contributed by atoms with Crippen LogP contribution in [-0.4, -0.2) is 47.6 Å². The number of nitrogens with one attached hydrogen (secondary N) is 2. The van der Waals surface area contributed by atoms with E-state index in [0.717, 1.165) is 35.2 Å². The number of halogens is 2. The Hall–Kier alpha value is -3.45. The monoisotopic (exact) mass is 538 g/mol. The normalized spacial score (nSPS) is 10.6. The van der Waals surface area contributed by atoms with Crippen LogP contribution in [0.3, 0.4) is 0 Å². The summed E-state index contributed by atoms with van der Waals surface area (Å²) in [6.45, 7) is 6.61. The van der Waals surface area contributed by atoms with E-state index in [4.69, 9.17) is 14.2 Å². The Morgan fingerprint density at radius 1 is 0.944 bits per heavy atom. The number of hydrogen-bond acceptors (Lipinski definition) is 9. The Balaban J connectivity index is 1.64. The lowest BCUT2D eigenvalue weighted by Gasteiger charge is -2.16. The van der Waals surface area contributed by atoms with Gasteiger partial charge in [0.05, 0.1) is 31.3 Å². The number of aromatic nitrogens is 2. The quantitative estimate of drug-likeness (QED) is 0.245. The molecule has 9 nitrogen and oxygen atoms in total. The van der Waals surface area contributed by atoms with Gasteiger partial charge in [0.2, 0.25) is 16.8 Å². The van der Waals surface area contributed by atoms with Crippen molar-refractivity contribution >= 4 is 45.7 Å². The Labute approximate surface area is 214 Å². The highest BCUT2D eigenvalue weighted by atomic mass is 32.2. The third kappa shape index (κ3) is 7.28. The van der Waals surface area contributed by atoms with Crippen LogP contribution in [0.2, 0.25) is 0 Å². The molecule has 0 aliphatic heterocycles. The van der Waals surface area contributed by atoms with Gasteiger partial charge >= 0.3 is 0 Å². The maximum atomic E-state index is 13.7. The summed E-state index contributed by atoms with van der Waals surface area (Å²) in [5.41, 5.74) is 0.149. The van der Waals surface area contributed by atoms with Crippen LogP contribution in [0.5, 0.6) is 17.2 Å². The molecule has 0 unspecified atom stereocenters. The third-order valence-electron chi connectivity index (χ3n) is 4.33. The molecular formula is C23H24F2N4O5S2. The van der Waals surface area contributed by atoms with Crippen molar-refractivity contribution in [3.05, 3.63) is 47.5 Å². The summed E-state index contributed by atoms with van der Waals surface area (Å²) < 4.78 is 44.0. The van der Waals surface area contributed by atoms with Gasteiger partial charge in [0, 0.05) is 11.6 Å². The zero-order valence-corrected chi connectivity index (χ0v) is 21.4. The Morgan fingerprint density at radius 2 is 1.61 bits per heavy atom. The van der Waals surface area contributed by atoms with Gasteiger partial charge in [-0.05, 0) is 45.0 Å². The number of amides is 2. The highest BCUT2D eigenvalue weighted by molar-refractivity contribution is 8.01. The van der Waals surface area contributed by atoms with Crippen LogP contribution in [0.1, 0.15) is 31.1 Å². The minimum absolute atomic E-state index is 0.0896. The Morgan fingerprint density at radius 3 is 2.22 bits per heavy atom. The fraction of sp³-hybridized carbons (Fsp3) is 0.304. The van der Waals surface area contributed by atoms with Crippen molar-refractivity contribution < 1.29 is 32.6 Å². The fourth-order valence-corrected chi connectivity index (χ4v) is 4.46. The topological polar surface area (TPSA) is 112 Å². The first kappa shape index (κ1) is 27.1. The maximum Gasteiger partial charge on any atom is 0.257 e. The highest BCUT2D eigenvalue weighted by Gasteiger charge is 2.20. The van der Waals surface area contributed by atoms with Gasteiger partial charge in [0.1, 0.15) is 11.6 Å². The molecule has 0 fully saturated rings. The number of nitrogens with zero attached hydrogens (tertiary/aromatic N) is 2. The minimum Gasteiger partial charge on any atom is -0.490 e. The molecule has 36 heavy (non-hydrogen) atoms. The van der Waals surface area contributed by atoms with E-state index < -0.39 is 23.4 Å². The lowest BCUT2D eigenvalue weighted by Crippen LogP contribution is -2.15. The van der Waals surface area contributed by atoms with Crippen molar-refractivity contribution in [1.29, 1.82) is 0 Å². The van der Waals surface area contributed by atoms with Crippen LogP contribution < -0.4 is 24.8 Å². The molecule has 13 heteroatoms. The molecule has 0 aliphatic rings. The molecule has 2 N–H and O–H groups in total. The molecule has 1 aromatic heterocycles. The molecule has 0 atom stereocenters. The number of carbonyl (C=O) groups is 2. The number of rotatable bonds is 12. The summed E-state index contributed by atoms with van der Waals surface area (Å²) in [7, 11) is 0. The smallest absolute Gasteiger partial charge is 0.257 e. The first-order valence-corrected chi connectivity index (χ1v) is 12.7. The van der Waals surface area contributed by atoms with E-state index in [1.54, 1.807) is 12.1 Å². The van der Waals surface area contributed by atoms with Crippen LogP contribution in [-0.2, 0) is 4.79 Å². The predicted octanol–water partition coefficient (Wildman–Crippen LogP) is 5.00. The first-order chi connectivity index (χ1) is 17.3. The van der Waals surface area contributed by atoms with Gasteiger partial charge < -0.3 is 19.5 Å². The second-order valence-corrected chi connectivity index (χ2v) is 9.09. The van der Waals surface area contributed by atoms with Crippen LogP contribution in [0.25, 0.3) is 0 Å².